The number of rotatable bonds is 5. The molecule has 4 heterocycles. The molecule has 26 heavy (non-hydrogen) atoms. The summed E-state index contributed by atoms with van der Waals surface area (Å²) in [5, 5.41) is 21.8. The van der Waals surface area contributed by atoms with Crippen LogP contribution in [0.2, 0.25) is 0 Å². The van der Waals surface area contributed by atoms with Crippen LogP contribution in [-0.2, 0) is 6.42 Å². The van der Waals surface area contributed by atoms with Crippen molar-refractivity contribution in [2.45, 2.75) is 31.0 Å². The summed E-state index contributed by atoms with van der Waals surface area (Å²) in [6, 6.07) is 3.92. The van der Waals surface area contributed by atoms with Crippen molar-refractivity contribution in [2.75, 3.05) is 5.32 Å². The third-order valence-corrected chi connectivity index (χ3v) is 4.66. The Bertz CT molecular complexity index is 1010. The van der Waals surface area contributed by atoms with E-state index in [9.17, 15) is 0 Å². The van der Waals surface area contributed by atoms with Crippen LogP contribution in [0.25, 0.3) is 10.9 Å². The number of nitrogens with two attached hydrogens (primary N) is 1. The van der Waals surface area contributed by atoms with E-state index in [0.29, 0.717) is 12.3 Å². The first-order chi connectivity index (χ1) is 12.7. The number of pyridine rings is 1. The van der Waals surface area contributed by atoms with Crippen LogP contribution < -0.4 is 16.4 Å². The summed E-state index contributed by atoms with van der Waals surface area (Å²) < 4.78 is 0. The predicted molar refractivity (Wildman–Crippen MR) is 98.4 cm³/mol. The number of aromatic nitrogens is 5. The molecule has 1 unspecified atom stereocenters. The molecule has 9 nitrogen and oxygen atoms in total. The van der Waals surface area contributed by atoms with Crippen LogP contribution in [0.15, 0.2) is 41.4 Å². The van der Waals surface area contributed by atoms with E-state index in [2.05, 4.69) is 41.0 Å². The van der Waals surface area contributed by atoms with Crippen molar-refractivity contribution < 1.29 is 0 Å². The lowest BCUT2D eigenvalue weighted by molar-refractivity contribution is 0.378. The average Bonchev–Trinajstić information content (AvgIpc) is 3.16. The molecule has 1 fully saturated rings. The Balaban J connectivity index is 1.33. The van der Waals surface area contributed by atoms with Crippen molar-refractivity contribution in [1.82, 2.24) is 30.7 Å². The number of anilines is 1. The zero-order valence-corrected chi connectivity index (χ0v) is 14.0. The summed E-state index contributed by atoms with van der Waals surface area (Å²) in [5.41, 5.74) is 9.40. The third kappa shape index (κ3) is 2.82. The van der Waals surface area contributed by atoms with E-state index in [-0.39, 0.29) is 0 Å². The fourth-order valence-corrected chi connectivity index (χ4v) is 3.18. The van der Waals surface area contributed by atoms with Crippen molar-refractivity contribution in [2.24, 2.45) is 10.7 Å². The molecule has 0 spiro atoms. The van der Waals surface area contributed by atoms with E-state index < -0.39 is 5.79 Å². The maximum atomic E-state index is 6.47. The highest BCUT2D eigenvalue weighted by molar-refractivity contribution is 5.80. The van der Waals surface area contributed by atoms with Gasteiger partial charge in [-0.05, 0) is 25.0 Å². The lowest BCUT2D eigenvalue weighted by atomic mass is 10.1. The highest BCUT2D eigenvalue weighted by atomic mass is 15.3. The van der Waals surface area contributed by atoms with Gasteiger partial charge in [0.1, 0.15) is 5.82 Å². The zero-order valence-electron chi connectivity index (χ0n) is 14.0. The third-order valence-electron chi connectivity index (χ3n) is 4.66. The lowest BCUT2D eigenvalue weighted by Gasteiger charge is -2.31. The Hall–Kier alpha value is -3.20. The molecular weight excluding hydrogens is 330 g/mol. The van der Waals surface area contributed by atoms with Crippen LogP contribution >= 0.6 is 0 Å². The van der Waals surface area contributed by atoms with Gasteiger partial charge in [0.2, 0.25) is 0 Å². The molecule has 5 rings (SSSR count). The van der Waals surface area contributed by atoms with E-state index in [0.717, 1.165) is 28.2 Å². The van der Waals surface area contributed by atoms with Gasteiger partial charge in [0.25, 0.3) is 0 Å². The largest absolute Gasteiger partial charge is 0.335 e. The Morgan fingerprint density at radius 3 is 3.12 bits per heavy atom. The first-order valence-electron chi connectivity index (χ1n) is 8.60. The molecule has 0 bridgehead atoms. The quantitative estimate of drug-likeness (QED) is 0.472. The molecule has 0 amide bonds. The van der Waals surface area contributed by atoms with E-state index in [1.807, 2.05) is 18.2 Å². The fraction of sp³-hybridized carbons (Fsp3) is 0.294. The van der Waals surface area contributed by atoms with Gasteiger partial charge < -0.3 is 10.6 Å². The standard InChI is InChI=1S/C17H19N9/c18-17(8-14-11-9-21-24-12(11)3-5-19-14)20-6-4-15(23-17)22-16-7-13(25-26-16)10-1-2-10/h3-7,9-10,23H,1-2,8,18H2,(H,21,24)(H2,22,25,26). The Kier molecular flexibility index (Phi) is 3.29. The van der Waals surface area contributed by atoms with Gasteiger partial charge in [-0.15, -0.1) is 0 Å². The minimum Gasteiger partial charge on any atom is -0.335 e. The second-order valence-electron chi connectivity index (χ2n) is 6.78. The Labute approximate surface area is 149 Å². The average molecular weight is 349 g/mol. The van der Waals surface area contributed by atoms with Gasteiger partial charge >= 0.3 is 0 Å². The van der Waals surface area contributed by atoms with Crippen LogP contribution in [-0.4, -0.2) is 37.4 Å². The number of aliphatic imine (C=N–C) groups is 1. The summed E-state index contributed by atoms with van der Waals surface area (Å²) in [5.74, 6) is 1.14. The van der Waals surface area contributed by atoms with Gasteiger partial charge in [0.15, 0.2) is 11.6 Å². The second-order valence-corrected chi connectivity index (χ2v) is 6.78. The summed E-state index contributed by atoms with van der Waals surface area (Å²) in [4.78, 5) is 8.86. The fourth-order valence-electron chi connectivity index (χ4n) is 3.18. The van der Waals surface area contributed by atoms with Gasteiger partial charge in [0.05, 0.1) is 17.4 Å². The van der Waals surface area contributed by atoms with Crippen LogP contribution in [0.3, 0.4) is 0 Å². The molecule has 0 aromatic carbocycles. The van der Waals surface area contributed by atoms with Crippen molar-refractivity contribution in [3.05, 3.63) is 47.8 Å². The van der Waals surface area contributed by atoms with E-state index in [1.54, 1.807) is 18.6 Å². The molecule has 9 heteroatoms. The monoisotopic (exact) mass is 349 g/mol. The van der Waals surface area contributed by atoms with Gasteiger partial charge in [-0.1, -0.05) is 0 Å². The molecular formula is C17H19N9. The summed E-state index contributed by atoms with van der Waals surface area (Å²) >= 11 is 0. The number of nitrogens with zero attached hydrogens (tertiary/aromatic N) is 4. The van der Waals surface area contributed by atoms with E-state index in [1.165, 1.54) is 18.5 Å². The molecule has 1 aliphatic carbocycles. The number of H-pyrrole nitrogens is 2. The van der Waals surface area contributed by atoms with Crippen LogP contribution in [0.5, 0.6) is 0 Å². The van der Waals surface area contributed by atoms with E-state index in [4.69, 9.17) is 5.73 Å². The first-order valence-corrected chi connectivity index (χ1v) is 8.60. The number of hydrogen-bond donors (Lipinski definition) is 5. The maximum absolute atomic E-state index is 6.47. The number of hydrogen-bond acceptors (Lipinski definition) is 7. The summed E-state index contributed by atoms with van der Waals surface area (Å²) in [6.07, 6.45) is 9.91. The van der Waals surface area contributed by atoms with Crippen molar-refractivity contribution in [3.63, 3.8) is 0 Å². The molecule has 6 N–H and O–H groups in total. The van der Waals surface area contributed by atoms with Crippen LogP contribution in [0, 0.1) is 0 Å². The molecule has 132 valence electrons. The number of aromatic amines is 2. The molecule has 0 radical (unpaired) electrons. The Morgan fingerprint density at radius 1 is 1.31 bits per heavy atom. The molecule has 0 saturated heterocycles. The normalized spacial score (nSPS) is 22.3. The molecule has 1 aliphatic heterocycles. The van der Waals surface area contributed by atoms with Crippen LogP contribution in [0.4, 0.5) is 5.82 Å². The molecule has 1 saturated carbocycles. The molecule has 3 aromatic heterocycles. The second kappa shape index (κ2) is 5.67. The first kappa shape index (κ1) is 15.1. The van der Waals surface area contributed by atoms with Gasteiger partial charge in [-0.3, -0.25) is 25.9 Å². The summed E-state index contributed by atoms with van der Waals surface area (Å²) in [7, 11) is 0. The summed E-state index contributed by atoms with van der Waals surface area (Å²) in [6.45, 7) is 0. The number of nitrogens with one attached hydrogen (secondary N) is 4. The lowest BCUT2D eigenvalue weighted by Crippen LogP contribution is -2.55. The SMILES string of the molecule is NC1(Cc2nccc3[nH]ncc23)N=CC=C(Nc2cc(C3CC3)[nH]n2)N1. The molecule has 1 atom stereocenters. The predicted octanol–water partition coefficient (Wildman–Crippen LogP) is 1.34. The van der Waals surface area contributed by atoms with Gasteiger partial charge in [-0.25, -0.2) is 0 Å². The molecule has 2 aliphatic rings. The highest BCUT2D eigenvalue weighted by Crippen LogP contribution is 2.39. The minimum absolute atomic E-state index is 0.424. The minimum atomic E-state index is -0.995. The van der Waals surface area contributed by atoms with Gasteiger partial charge in [-0.2, -0.15) is 10.2 Å². The van der Waals surface area contributed by atoms with Crippen molar-refractivity contribution in [3.8, 4) is 0 Å². The number of fused-ring (bicyclic) bond motifs is 1. The van der Waals surface area contributed by atoms with Crippen LogP contribution in [0.1, 0.15) is 30.1 Å². The van der Waals surface area contributed by atoms with E-state index >= 15 is 0 Å². The topological polar surface area (TPSA) is 133 Å². The van der Waals surface area contributed by atoms with Crippen molar-refractivity contribution in [1.29, 1.82) is 0 Å². The Morgan fingerprint density at radius 2 is 2.23 bits per heavy atom. The van der Waals surface area contributed by atoms with Crippen molar-refractivity contribution >= 4 is 22.9 Å². The number of allylic oxidation sites excluding steroid dienone is 1. The molecule has 3 aromatic rings. The highest BCUT2D eigenvalue weighted by Gasteiger charge is 2.29. The zero-order chi connectivity index (χ0) is 17.6. The van der Waals surface area contributed by atoms with Gasteiger partial charge in [0, 0.05) is 41.9 Å². The smallest absolute Gasteiger partial charge is 0.188 e. The maximum Gasteiger partial charge on any atom is 0.188 e.